The maximum absolute atomic E-state index is 11.9. The van der Waals surface area contributed by atoms with Gasteiger partial charge in [0.25, 0.3) is 0 Å². The van der Waals surface area contributed by atoms with Crippen LogP contribution in [0.1, 0.15) is 34.1 Å². The molecule has 1 saturated heterocycles. The van der Waals surface area contributed by atoms with Crippen molar-refractivity contribution in [2.75, 3.05) is 37.6 Å². The van der Waals surface area contributed by atoms with Gasteiger partial charge in [0.15, 0.2) is 5.96 Å². The lowest BCUT2D eigenvalue weighted by Crippen LogP contribution is -2.45. The molecule has 0 bridgehead atoms. The van der Waals surface area contributed by atoms with Crippen molar-refractivity contribution in [1.29, 1.82) is 0 Å². The molecule has 1 aromatic carbocycles. The SMILES string of the molecule is CCNC(=NCCNC(=O)C(C)(C)C)NC1CCN(c2ccc(Br)cc2)C1.I. The highest BCUT2D eigenvalue weighted by Gasteiger charge is 2.23. The molecule has 1 aliphatic rings. The standard InChI is InChI=1S/C20H32BrN5O.HI/c1-5-22-19(24-12-11-23-18(27)20(2,3)4)25-16-10-13-26(14-16)17-8-6-15(21)7-9-17;/h6-9,16H,5,10-14H2,1-4H3,(H,23,27)(H2,22,24,25);1H. The number of hydrogen-bond acceptors (Lipinski definition) is 3. The molecule has 6 nitrogen and oxygen atoms in total. The zero-order valence-corrected chi connectivity index (χ0v) is 21.1. The summed E-state index contributed by atoms with van der Waals surface area (Å²) < 4.78 is 1.10. The topological polar surface area (TPSA) is 68.8 Å². The zero-order chi connectivity index (χ0) is 19.9. The number of nitrogens with one attached hydrogen (secondary N) is 3. The molecule has 0 radical (unpaired) electrons. The first kappa shape index (κ1) is 25.0. The fraction of sp³-hybridized carbons (Fsp3) is 0.600. The normalized spacial score (nSPS) is 17.1. The van der Waals surface area contributed by atoms with Gasteiger partial charge in [-0.3, -0.25) is 9.79 Å². The molecular formula is C20H33BrIN5O. The number of amides is 1. The van der Waals surface area contributed by atoms with E-state index >= 15 is 0 Å². The van der Waals surface area contributed by atoms with Gasteiger partial charge in [0.2, 0.25) is 5.91 Å². The number of anilines is 1. The van der Waals surface area contributed by atoms with Gasteiger partial charge in [0.1, 0.15) is 0 Å². The Balaban J connectivity index is 0.00000392. The molecule has 1 fully saturated rings. The fourth-order valence-corrected chi connectivity index (χ4v) is 3.14. The average molecular weight is 566 g/mol. The van der Waals surface area contributed by atoms with Gasteiger partial charge in [-0.05, 0) is 37.6 Å². The van der Waals surface area contributed by atoms with E-state index in [0.29, 0.717) is 19.1 Å². The molecule has 1 aliphatic heterocycles. The van der Waals surface area contributed by atoms with E-state index in [0.717, 1.165) is 36.5 Å². The minimum Gasteiger partial charge on any atom is -0.369 e. The molecule has 1 atom stereocenters. The van der Waals surface area contributed by atoms with Crippen molar-refractivity contribution < 1.29 is 4.79 Å². The molecule has 1 heterocycles. The predicted molar refractivity (Wildman–Crippen MR) is 132 cm³/mol. The van der Waals surface area contributed by atoms with E-state index in [1.807, 2.05) is 20.8 Å². The number of guanidine groups is 1. The molecule has 2 rings (SSSR count). The van der Waals surface area contributed by atoms with E-state index in [-0.39, 0.29) is 35.3 Å². The average Bonchev–Trinajstić information content (AvgIpc) is 3.07. The van der Waals surface area contributed by atoms with Crippen LogP contribution in [0.2, 0.25) is 0 Å². The molecule has 0 spiro atoms. The quantitative estimate of drug-likeness (QED) is 0.214. The smallest absolute Gasteiger partial charge is 0.225 e. The van der Waals surface area contributed by atoms with Gasteiger partial charge < -0.3 is 20.9 Å². The number of benzene rings is 1. The minimum atomic E-state index is -0.368. The van der Waals surface area contributed by atoms with Crippen molar-refractivity contribution in [3.63, 3.8) is 0 Å². The van der Waals surface area contributed by atoms with Gasteiger partial charge in [-0.15, -0.1) is 24.0 Å². The van der Waals surface area contributed by atoms with Crippen molar-refractivity contribution in [2.45, 2.75) is 40.2 Å². The van der Waals surface area contributed by atoms with Crippen molar-refractivity contribution in [1.82, 2.24) is 16.0 Å². The number of carbonyl (C=O) groups excluding carboxylic acids is 1. The Labute approximate surface area is 194 Å². The molecule has 1 amide bonds. The van der Waals surface area contributed by atoms with E-state index in [2.05, 4.69) is 73.0 Å². The molecule has 0 aromatic heterocycles. The van der Waals surface area contributed by atoms with Crippen LogP contribution in [-0.2, 0) is 4.79 Å². The summed E-state index contributed by atoms with van der Waals surface area (Å²) in [6, 6.07) is 8.80. The van der Waals surface area contributed by atoms with Crippen molar-refractivity contribution in [3.05, 3.63) is 28.7 Å². The third-order valence-electron chi connectivity index (χ3n) is 4.41. The summed E-state index contributed by atoms with van der Waals surface area (Å²) in [5, 5.41) is 9.75. The largest absolute Gasteiger partial charge is 0.369 e. The second-order valence-electron chi connectivity index (χ2n) is 7.82. The van der Waals surface area contributed by atoms with Crippen LogP contribution in [0.3, 0.4) is 0 Å². The van der Waals surface area contributed by atoms with Gasteiger partial charge >= 0.3 is 0 Å². The summed E-state index contributed by atoms with van der Waals surface area (Å²) in [6.45, 7) is 11.7. The summed E-state index contributed by atoms with van der Waals surface area (Å²) in [7, 11) is 0. The summed E-state index contributed by atoms with van der Waals surface area (Å²) in [5.74, 6) is 0.863. The van der Waals surface area contributed by atoms with Crippen LogP contribution in [0.25, 0.3) is 0 Å². The molecule has 8 heteroatoms. The molecule has 28 heavy (non-hydrogen) atoms. The lowest BCUT2D eigenvalue weighted by atomic mass is 9.96. The number of nitrogens with zero attached hydrogens (tertiary/aromatic N) is 2. The number of carbonyl (C=O) groups is 1. The maximum Gasteiger partial charge on any atom is 0.225 e. The van der Waals surface area contributed by atoms with Gasteiger partial charge in [-0.25, -0.2) is 0 Å². The van der Waals surface area contributed by atoms with Crippen molar-refractivity contribution in [3.8, 4) is 0 Å². The Morgan fingerprint density at radius 3 is 2.54 bits per heavy atom. The minimum absolute atomic E-state index is 0. The van der Waals surface area contributed by atoms with E-state index < -0.39 is 0 Å². The van der Waals surface area contributed by atoms with Gasteiger partial charge in [0.05, 0.1) is 6.54 Å². The molecule has 1 aromatic rings. The van der Waals surface area contributed by atoms with Gasteiger partial charge in [0, 0.05) is 47.8 Å². The maximum atomic E-state index is 11.9. The van der Waals surface area contributed by atoms with Crippen LogP contribution >= 0.6 is 39.9 Å². The number of aliphatic imine (C=N–C) groups is 1. The van der Waals surface area contributed by atoms with E-state index in [1.165, 1.54) is 5.69 Å². The van der Waals surface area contributed by atoms with Crippen LogP contribution in [0.15, 0.2) is 33.7 Å². The van der Waals surface area contributed by atoms with Crippen molar-refractivity contribution >= 4 is 57.5 Å². The lowest BCUT2D eigenvalue weighted by molar-refractivity contribution is -0.128. The Kier molecular flexibility index (Phi) is 10.6. The Morgan fingerprint density at radius 1 is 1.25 bits per heavy atom. The van der Waals surface area contributed by atoms with Crippen LogP contribution in [-0.4, -0.2) is 50.6 Å². The molecule has 3 N–H and O–H groups in total. The Hall–Kier alpha value is -1.03. The highest BCUT2D eigenvalue weighted by molar-refractivity contribution is 14.0. The summed E-state index contributed by atoms with van der Waals surface area (Å²) >= 11 is 3.48. The Morgan fingerprint density at radius 2 is 1.93 bits per heavy atom. The highest BCUT2D eigenvalue weighted by atomic mass is 127. The predicted octanol–water partition coefficient (Wildman–Crippen LogP) is 3.36. The third kappa shape index (κ3) is 8.14. The van der Waals surface area contributed by atoms with Gasteiger partial charge in [-0.1, -0.05) is 36.7 Å². The monoisotopic (exact) mass is 565 g/mol. The van der Waals surface area contributed by atoms with E-state index in [9.17, 15) is 4.79 Å². The number of hydrogen-bond donors (Lipinski definition) is 3. The van der Waals surface area contributed by atoms with E-state index in [4.69, 9.17) is 0 Å². The van der Waals surface area contributed by atoms with E-state index in [1.54, 1.807) is 0 Å². The van der Waals surface area contributed by atoms with Crippen LogP contribution < -0.4 is 20.9 Å². The molecule has 0 saturated carbocycles. The number of halogens is 2. The first-order valence-corrected chi connectivity index (χ1v) is 10.4. The van der Waals surface area contributed by atoms with Crippen LogP contribution in [0.5, 0.6) is 0 Å². The van der Waals surface area contributed by atoms with Crippen LogP contribution in [0, 0.1) is 5.41 Å². The summed E-state index contributed by atoms with van der Waals surface area (Å²) in [4.78, 5) is 18.9. The highest BCUT2D eigenvalue weighted by Crippen LogP contribution is 2.22. The van der Waals surface area contributed by atoms with Gasteiger partial charge in [-0.2, -0.15) is 0 Å². The molecule has 1 unspecified atom stereocenters. The first-order valence-electron chi connectivity index (χ1n) is 9.63. The first-order chi connectivity index (χ1) is 12.8. The summed E-state index contributed by atoms with van der Waals surface area (Å²) in [5.41, 5.74) is 0.876. The fourth-order valence-electron chi connectivity index (χ4n) is 2.88. The van der Waals surface area contributed by atoms with Crippen LogP contribution in [0.4, 0.5) is 5.69 Å². The summed E-state index contributed by atoms with van der Waals surface area (Å²) in [6.07, 6.45) is 1.07. The second-order valence-corrected chi connectivity index (χ2v) is 8.73. The Bertz CT molecular complexity index is 645. The molecule has 0 aliphatic carbocycles. The molecular weight excluding hydrogens is 533 g/mol. The third-order valence-corrected chi connectivity index (χ3v) is 4.94. The zero-order valence-electron chi connectivity index (χ0n) is 17.2. The number of rotatable bonds is 6. The second kappa shape index (κ2) is 11.8. The van der Waals surface area contributed by atoms with Crippen molar-refractivity contribution in [2.24, 2.45) is 10.4 Å². The molecule has 158 valence electrons. The lowest BCUT2D eigenvalue weighted by Gasteiger charge is -2.20.